The second kappa shape index (κ2) is 8.86. The van der Waals surface area contributed by atoms with E-state index in [1.54, 1.807) is 12.1 Å². The first-order chi connectivity index (χ1) is 12.7. The summed E-state index contributed by atoms with van der Waals surface area (Å²) in [5, 5.41) is 11.8. The van der Waals surface area contributed by atoms with Gasteiger partial charge in [0.15, 0.2) is 5.76 Å². The van der Waals surface area contributed by atoms with E-state index in [4.69, 9.17) is 9.15 Å². The van der Waals surface area contributed by atoms with Crippen LogP contribution in [0.25, 0.3) is 11.3 Å². The first kappa shape index (κ1) is 20.7. The van der Waals surface area contributed by atoms with Crippen molar-refractivity contribution in [2.75, 3.05) is 6.61 Å². The standard InChI is InChI=1S/C21H27NO5/c1-5-14-6-8-15(9-7-14)17-10-11-18(27-17)19(23)22-16(20(24)25)12-13-26-21(2,3)4/h6-11,16H,5,12-13H2,1-4H3,(H,22,23)(H,24,25). The van der Waals surface area contributed by atoms with Gasteiger partial charge in [0.05, 0.1) is 5.60 Å². The minimum atomic E-state index is -1.11. The van der Waals surface area contributed by atoms with Gasteiger partial charge in [0.2, 0.25) is 0 Å². The quantitative estimate of drug-likeness (QED) is 0.733. The minimum absolute atomic E-state index is 0.0764. The van der Waals surface area contributed by atoms with Crippen molar-refractivity contribution in [3.8, 4) is 11.3 Å². The average Bonchev–Trinajstić information content (AvgIpc) is 3.10. The van der Waals surface area contributed by atoms with Gasteiger partial charge < -0.3 is 19.6 Å². The molecule has 27 heavy (non-hydrogen) atoms. The van der Waals surface area contributed by atoms with Crippen LogP contribution in [0.3, 0.4) is 0 Å². The van der Waals surface area contributed by atoms with Crippen LogP contribution in [-0.4, -0.2) is 35.2 Å². The number of carbonyl (C=O) groups is 2. The number of amides is 1. The highest BCUT2D eigenvalue weighted by Crippen LogP contribution is 2.23. The Bertz CT molecular complexity index is 771. The molecule has 6 nitrogen and oxygen atoms in total. The third-order valence-electron chi connectivity index (χ3n) is 4.02. The summed E-state index contributed by atoms with van der Waals surface area (Å²) < 4.78 is 11.1. The van der Waals surface area contributed by atoms with Crippen molar-refractivity contribution in [1.29, 1.82) is 0 Å². The number of nitrogens with one attached hydrogen (secondary N) is 1. The zero-order valence-corrected chi connectivity index (χ0v) is 16.2. The predicted molar refractivity (Wildman–Crippen MR) is 103 cm³/mol. The molecular weight excluding hydrogens is 346 g/mol. The van der Waals surface area contributed by atoms with Crippen molar-refractivity contribution in [2.24, 2.45) is 0 Å². The van der Waals surface area contributed by atoms with Crippen LogP contribution >= 0.6 is 0 Å². The number of aliphatic carboxylic acids is 1. The first-order valence-electron chi connectivity index (χ1n) is 9.06. The van der Waals surface area contributed by atoms with E-state index in [-0.39, 0.29) is 24.4 Å². The Balaban J connectivity index is 2.01. The fourth-order valence-electron chi connectivity index (χ4n) is 2.49. The number of ether oxygens (including phenoxy) is 1. The molecule has 0 saturated carbocycles. The molecule has 1 amide bonds. The van der Waals surface area contributed by atoms with Crippen molar-refractivity contribution in [3.63, 3.8) is 0 Å². The predicted octanol–water partition coefficient (Wildman–Crippen LogP) is 3.90. The van der Waals surface area contributed by atoms with Crippen LogP contribution in [0.5, 0.6) is 0 Å². The van der Waals surface area contributed by atoms with Crippen molar-refractivity contribution >= 4 is 11.9 Å². The monoisotopic (exact) mass is 373 g/mol. The molecule has 2 rings (SSSR count). The largest absolute Gasteiger partial charge is 0.480 e. The number of aryl methyl sites for hydroxylation is 1. The van der Waals surface area contributed by atoms with E-state index in [1.807, 2.05) is 45.0 Å². The van der Waals surface area contributed by atoms with E-state index in [0.717, 1.165) is 12.0 Å². The van der Waals surface area contributed by atoms with E-state index >= 15 is 0 Å². The van der Waals surface area contributed by atoms with Crippen molar-refractivity contribution in [3.05, 3.63) is 47.7 Å². The number of carboxylic acids is 1. The zero-order valence-electron chi connectivity index (χ0n) is 16.2. The van der Waals surface area contributed by atoms with Gasteiger partial charge in [0, 0.05) is 18.6 Å². The fraction of sp³-hybridized carbons (Fsp3) is 0.429. The molecular formula is C21H27NO5. The van der Waals surface area contributed by atoms with E-state index in [1.165, 1.54) is 5.56 Å². The molecule has 1 atom stereocenters. The van der Waals surface area contributed by atoms with Crippen molar-refractivity contribution < 1.29 is 23.8 Å². The van der Waals surface area contributed by atoms with Crippen LogP contribution in [-0.2, 0) is 16.0 Å². The van der Waals surface area contributed by atoms with Gasteiger partial charge in [-0.1, -0.05) is 31.2 Å². The van der Waals surface area contributed by atoms with Crippen LogP contribution in [0.1, 0.15) is 50.2 Å². The normalized spacial score (nSPS) is 12.6. The smallest absolute Gasteiger partial charge is 0.326 e. The van der Waals surface area contributed by atoms with Crippen LogP contribution in [0.2, 0.25) is 0 Å². The van der Waals surface area contributed by atoms with E-state index in [9.17, 15) is 14.7 Å². The zero-order chi connectivity index (χ0) is 20.0. The van der Waals surface area contributed by atoms with Crippen LogP contribution in [0.15, 0.2) is 40.8 Å². The summed E-state index contributed by atoms with van der Waals surface area (Å²) in [6.45, 7) is 7.97. The summed E-state index contributed by atoms with van der Waals surface area (Å²) in [4.78, 5) is 23.8. The highest BCUT2D eigenvalue weighted by atomic mass is 16.5. The Hall–Kier alpha value is -2.60. The van der Waals surface area contributed by atoms with Gasteiger partial charge in [-0.05, 0) is 44.9 Å². The molecule has 0 saturated heterocycles. The maximum Gasteiger partial charge on any atom is 0.326 e. The maximum absolute atomic E-state index is 12.4. The van der Waals surface area contributed by atoms with E-state index in [0.29, 0.717) is 5.76 Å². The molecule has 0 aliphatic carbocycles. The summed E-state index contributed by atoms with van der Waals surface area (Å²) >= 11 is 0. The third kappa shape index (κ3) is 6.25. The lowest BCUT2D eigenvalue weighted by molar-refractivity contribution is -0.140. The van der Waals surface area contributed by atoms with Crippen molar-refractivity contribution in [2.45, 2.75) is 52.2 Å². The molecule has 6 heteroatoms. The molecule has 0 radical (unpaired) electrons. The maximum atomic E-state index is 12.4. The summed E-state index contributed by atoms with van der Waals surface area (Å²) in [5.41, 5.74) is 1.71. The van der Waals surface area contributed by atoms with Crippen LogP contribution in [0.4, 0.5) is 0 Å². The van der Waals surface area contributed by atoms with Gasteiger partial charge in [-0.15, -0.1) is 0 Å². The Morgan fingerprint density at radius 1 is 1.15 bits per heavy atom. The molecule has 0 aliphatic rings. The van der Waals surface area contributed by atoms with Gasteiger partial charge in [-0.25, -0.2) is 4.79 Å². The number of hydrogen-bond donors (Lipinski definition) is 2. The first-order valence-corrected chi connectivity index (χ1v) is 9.06. The summed E-state index contributed by atoms with van der Waals surface area (Å²) in [6, 6.07) is 10.1. The molecule has 0 fully saturated rings. The topological polar surface area (TPSA) is 88.8 Å². The highest BCUT2D eigenvalue weighted by molar-refractivity contribution is 5.94. The Morgan fingerprint density at radius 2 is 1.81 bits per heavy atom. The Morgan fingerprint density at radius 3 is 2.37 bits per heavy atom. The molecule has 1 aromatic heterocycles. The lowest BCUT2D eigenvalue weighted by atomic mass is 10.1. The van der Waals surface area contributed by atoms with Crippen molar-refractivity contribution in [1.82, 2.24) is 5.32 Å². The lowest BCUT2D eigenvalue weighted by Crippen LogP contribution is -2.41. The van der Waals surface area contributed by atoms with Gasteiger partial charge in [0.1, 0.15) is 11.8 Å². The summed E-state index contributed by atoms with van der Waals surface area (Å²) in [5.74, 6) is -1.03. The van der Waals surface area contributed by atoms with E-state index < -0.39 is 17.9 Å². The number of furan rings is 1. The minimum Gasteiger partial charge on any atom is -0.480 e. The number of hydrogen-bond acceptors (Lipinski definition) is 4. The molecule has 1 unspecified atom stereocenters. The second-order valence-electron chi connectivity index (χ2n) is 7.33. The summed E-state index contributed by atoms with van der Waals surface area (Å²) in [6.07, 6.45) is 1.12. The Kier molecular flexibility index (Phi) is 6.80. The molecule has 1 heterocycles. The SMILES string of the molecule is CCc1ccc(-c2ccc(C(=O)NC(CCOC(C)(C)C)C(=O)O)o2)cc1. The molecule has 0 spiro atoms. The molecule has 146 valence electrons. The van der Waals surface area contributed by atoms with Gasteiger partial charge in [-0.2, -0.15) is 0 Å². The summed E-state index contributed by atoms with van der Waals surface area (Å²) in [7, 11) is 0. The highest BCUT2D eigenvalue weighted by Gasteiger charge is 2.23. The van der Waals surface area contributed by atoms with Gasteiger partial charge in [-0.3, -0.25) is 4.79 Å². The van der Waals surface area contributed by atoms with Crippen LogP contribution < -0.4 is 5.32 Å². The Labute approximate surface area is 159 Å². The van der Waals surface area contributed by atoms with Gasteiger partial charge >= 0.3 is 5.97 Å². The lowest BCUT2D eigenvalue weighted by Gasteiger charge is -2.21. The third-order valence-corrected chi connectivity index (χ3v) is 4.02. The number of rotatable bonds is 8. The molecule has 1 aromatic carbocycles. The molecule has 0 aliphatic heterocycles. The fourth-order valence-corrected chi connectivity index (χ4v) is 2.49. The van der Waals surface area contributed by atoms with Gasteiger partial charge in [0.25, 0.3) is 5.91 Å². The van der Waals surface area contributed by atoms with Crippen LogP contribution in [0, 0.1) is 0 Å². The molecule has 0 bridgehead atoms. The second-order valence-corrected chi connectivity index (χ2v) is 7.33. The number of carboxylic acid groups (broad SMARTS) is 1. The number of benzene rings is 1. The molecule has 2 aromatic rings. The molecule has 2 N–H and O–H groups in total. The number of carbonyl (C=O) groups excluding carboxylic acids is 1. The van der Waals surface area contributed by atoms with E-state index in [2.05, 4.69) is 12.2 Å². The average molecular weight is 373 g/mol.